The van der Waals surface area contributed by atoms with Crippen LogP contribution in [0, 0.1) is 0 Å². The first kappa shape index (κ1) is 15.6. The second-order valence-electron chi connectivity index (χ2n) is 6.40. The van der Waals surface area contributed by atoms with Gasteiger partial charge in [0, 0.05) is 41.9 Å². The van der Waals surface area contributed by atoms with Crippen molar-refractivity contribution in [3.63, 3.8) is 0 Å². The van der Waals surface area contributed by atoms with Gasteiger partial charge in [0.05, 0.1) is 6.26 Å². The summed E-state index contributed by atoms with van der Waals surface area (Å²) in [7, 11) is -3.21. The number of pyridine rings is 1. The third kappa shape index (κ3) is 2.71. The van der Waals surface area contributed by atoms with Gasteiger partial charge in [0.2, 0.25) is 10.0 Å². The van der Waals surface area contributed by atoms with E-state index < -0.39 is 15.6 Å². The third-order valence-electron chi connectivity index (χ3n) is 4.13. The average molecular weight is 342 g/mol. The summed E-state index contributed by atoms with van der Waals surface area (Å²) in [6.45, 7) is 5.65. The molecule has 3 rings (SSSR count). The molecule has 3 heterocycles. The Morgan fingerprint density at radius 1 is 1.23 bits per heavy atom. The topological polar surface area (TPSA) is 45.0 Å². The molecule has 22 heavy (non-hydrogen) atoms. The zero-order valence-corrected chi connectivity index (χ0v) is 14.5. The van der Waals surface area contributed by atoms with Crippen molar-refractivity contribution >= 4 is 33.0 Å². The average Bonchev–Trinajstić information content (AvgIpc) is 2.82. The maximum Gasteiger partial charge on any atom is 0.211 e. The van der Waals surface area contributed by atoms with Crippen LogP contribution in [0.1, 0.15) is 13.8 Å². The molecule has 7 heteroatoms. The predicted molar refractivity (Wildman–Crippen MR) is 90.2 cm³/mol. The first-order valence-electron chi connectivity index (χ1n) is 7.18. The zero-order chi connectivity index (χ0) is 16.1. The van der Waals surface area contributed by atoms with E-state index in [1.807, 2.05) is 44.3 Å². The Kier molecular flexibility index (Phi) is 3.66. The van der Waals surface area contributed by atoms with Crippen LogP contribution in [0.25, 0.3) is 5.52 Å². The van der Waals surface area contributed by atoms with Crippen molar-refractivity contribution in [3.05, 3.63) is 35.5 Å². The largest absolute Gasteiger partial charge is 0.354 e. The lowest BCUT2D eigenvalue weighted by atomic mass is 10.0. The van der Waals surface area contributed by atoms with Crippen LogP contribution >= 0.6 is 11.6 Å². The summed E-state index contributed by atoms with van der Waals surface area (Å²) in [6, 6.07) is 7.84. The molecule has 0 amide bonds. The van der Waals surface area contributed by atoms with E-state index in [2.05, 4.69) is 9.30 Å². The lowest BCUT2D eigenvalue weighted by Crippen LogP contribution is -2.61. The van der Waals surface area contributed by atoms with Crippen LogP contribution in [0.3, 0.4) is 0 Å². The van der Waals surface area contributed by atoms with Crippen molar-refractivity contribution < 1.29 is 8.42 Å². The highest BCUT2D eigenvalue weighted by molar-refractivity contribution is 7.88. The Hall–Kier alpha value is -1.24. The lowest BCUT2D eigenvalue weighted by molar-refractivity contribution is 0.205. The Balaban J connectivity index is 1.99. The van der Waals surface area contributed by atoms with Crippen LogP contribution in [-0.2, 0) is 10.0 Å². The molecule has 2 aromatic rings. The van der Waals surface area contributed by atoms with Gasteiger partial charge >= 0.3 is 0 Å². The van der Waals surface area contributed by atoms with Crippen LogP contribution in [0.4, 0.5) is 5.82 Å². The lowest BCUT2D eigenvalue weighted by Gasteiger charge is -2.46. The number of aromatic nitrogens is 1. The first-order chi connectivity index (χ1) is 10.2. The number of fused-ring (bicyclic) bond motifs is 1. The minimum absolute atomic E-state index is 0.465. The fourth-order valence-electron chi connectivity index (χ4n) is 3.29. The highest BCUT2D eigenvalue weighted by atomic mass is 35.5. The van der Waals surface area contributed by atoms with Crippen LogP contribution in [-0.4, -0.2) is 48.6 Å². The molecule has 2 aromatic heterocycles. The smallest absolute Gasteiger partial charge is 0.211 e. The van der Waals surface area contributed by atoms with Gasteiger partial charge in [-0.2, -0.15) is 4.31 Å². The molecule has 120 valence electrons. The number of anilines is 1. The van der Waals surface area contributed by atoms with E-state index in [-0.39, 0.29) is 0 Å². The fraction of sp³-hybridized carbons (Fsp3) is 0.467. The van der Waals surface area contributed by atoms with Gasteiger partial charge in [0.15, 0.2) is 0 Å². The van der Waals surface area contributed by atoms with Crippen LogP contribution in [0.2, 0.25) is 5.02 Å². The number of piperazine rings is 1. The van der Waals surface area contributed by atoms with E-state index in [9.17, 15) is 8.42 Å². The minimum atomic E-state index is -3.21. The van der Waals surface area contributed by atoms with Crippen molar-refractivity contribution in [2.45, 2.75) is 19.4 Å². The van der Waals surface area contributed by atoms with Gasteiger partial charge in [-0.15, -0.1) is 0 Å². The molecule has 1 saturated heterocycles. The molecule has 0 spiro atoms. The second-order valence-corrected chi connectivity index (χ2v) is 8.75. The van der Waals surface area contributed by atoms with Crippen LogP contribution in [0.15, 0.2) is 30.5 Å². The standard InChI is InChI=1S/C15H20ClN3O2S/c1-15(2)11-17(7-8-19(15)22(3,20)21)14-10-12(16)9-13-5-4-6-18(13)14/h4-6,9-10H,7-8,11H2,1-3H3. The minimum Gasteiger partial charge on any atom is -0.354 e. The van der Waals surface area contributed by atoms with Gasteiger partial charge in [-0.1, -0.05) is 11.6 Å². The molecule has 0 atom stereocenters. The van der Waals surface area contributed by atoms with E-state index in [0.29, 0.717) is 24.7 Å². The summed E-state index contributed by atoms with van der Waals surface area (Å²) < 4.78 is 27.6. The molecular formula is C15H20ClN3O2S. The summed E-state index contributed by atoms with van der Waals surface area (Å²) in [5.74, 6) is 0.994. The third-order valence-corrected chi connectivity index (χ3v) is 5.83. The zero-order valence-electron chi connectivity index (χ0n) is 13.0. The van der Waals surface area contributed by atoms with Gasteiger partial charge in [-0.05, 0) is 38.1 Å². The molecule has 1 fully saturated rings. The van der Waals surface area contributed by atoms with Gasteiger partial charge in [0.1, 0.15) is 5.82 Å². The normalized spacial score (nSPS) is 19.7. The van der Waals surface area contributed by atoms with Crippen molar-refractivity contribution in [2.24, 2.45) is 0 Å². The Morgan fingerprint density at radius 3 is 2.59 bits per heavy atom. The van der Waals surface area contributed by atoms with Crippen molar-refractivity contribution in [2.75, 3.05) is 30.8 Å². The van der Waals surface area contributed by atoms with E-state index in [1.165, 1.54) is 6.26 Å². The monoisotopic (exact) mass is 341 g/mol. The second kappa shape index (κ2) is 5.15. The molecule has 0 aromatic carbocycles. The molecule has 0 aliphatic carbocycles. The number of sulfonamides is 1. The van der Waals surface area contributed by atoms with Gasteiger partial charge in [-0.25, -0.2) is 8.42 Å². The van der Waals surface area contributed by atoms with Crippen molar-refractivity contribution in [1.29, 1.82) is 0 Å². The molecular weight excluding hydrogens is 322 g/mol. The van der Waals surface area contributed by atoms with Crippen molar-refractivity contribution in [3.8, 4) is 0 Å². The summed E-state index contributed by atoms with van der Waals surface area (Å²) in [5, 5.41) is 0.685. The van der Waals surface area contributed by atoms with Gasteiger partial charge in [-0.3, -0.25) is 0 Å². The Morgan fingerprint density at radius 2 is 1.95 bits per heavy atom. The van der Waals surface area contributed by atoms with E-state index in [4.69, 9.17) is 11.6 Å². The van der Waals surface area contributed by atoms with Gasteiger partial charge < -0.3 is 9.30 Å². The summed E-state index contributed by atoms with van der Waals surface area (Å²) in [5.41, 5.74) is 0.569. The number of rotatable bonds is 2. The van der Waals surface area contributed by atoms with Crippen LogP contribution < -0.4 is 4.90 Å². The molecule has 1 aliphatic heterocycles. The molecule has 1 aliphatic rings. The molecule has 0 saturated carbocycles. The van der Waals surface area contributed by atoms with Crippen LogP contribution in [0.5, 0.6) is 0 Å². The molecule has 0 unspecified atom stereocenters. The molecule has 0 N–H and O–H groups in total. The summed E-state index contributed by atoms with van der Waals surface area (Å²) in [6.07, 6.45) is 3.27. The summed E-state index contributed by atoms with van der Waals surface area (Å²) in [4.78, 5) is 2.19. The Bertz CT molecular complexity index is 813. The Labute approximate surface area is 136 Å². The number of nitrogens with zero attached hydrogens (tertiary/aromatic N) is 3. The summed E-state index contributed by atoms with van der Waals surface area (Å²) >= 11 is 6.23. The number of hydrogen-bond acceptors (Lipinski definition) is 3. The molecule has 0 bridgehead atoms. The fourth-order valence-corrected chi connectivity index (χ4v) is 4.87. The van der Waals surface area contributed by atoms with Crippen molar-refractivity contribution in [1.82, 2.24) is 8.71 Å². The van der Waals surface area contributed by atoms with E-state index in [1.54, 1.807) is 4.31 Å². The quantitative estimate of drug-likeness (QED) is 0.842. The highest BCUT2D eigenvalue weighted by Crippen LogP contribution is 2.30. The van der Waals surface area contributed by atoms with Gasteiger partial charge in [0.25, 0.3) is 0 Å². The van der Waals surface area contributed by atoms with E-state index in [0.717, 1.165) is 11.3 Å². The highest BCUT2D eigenvalue weighted by Gasteiger charge is 2.39. The maximum atomic E-state index is 12.0. The first-order valence-corrected chi connectivity index (χ1v) is 9.40. The molecule has 5 nitrogen and oxygen atoms in total. The SMILES string of the molecule is CC1(C)CN(c2cc(Cl)cc3cccn23)CCN1S(C)(=O)=O. The van der Waals surface area contributed by atoms with E-state index >= 15 is 0 Å². The maximum absolute atomic E-state index is 12.0. The number of hydrogen-bond donors (Lipinski definition) is 0. The predicted octanol–water partition coefficient (Wildman–Crippen LogP) is 2.45. The number of halogens is 1. The molecule has 0 radical (unpaired) electrons.